The summed E-state index contributed by atoms with van der Waals surface area (Å²) < 4.78 is 13.2. The van der Waals surface area contributed by atoms with E-state index >= 15 is 0 Å². The average molecular weight is 374 g/mol. The number of benzene rings is 1. The van der Waals surface area contributed by atoms with Crippen molar-refractivity contribution in [1.29, 1.82) is 0 Å². The maximum atomic E-state index is 13.2. The Hall–Kier alpha value is -2.60. The van der Waals surface area contributed by atoms with E-state index in [9.17, 15) is 4.39 Å². The van der Waals surface area contributed by atoms with Gasteiger partial charge in [-0.2, -0.15) is 0 Å². The fourth-order valence-electron chi connectivity index (χ4n) is 2.78. The van der Waals surface area contributed by atoms with Gasteiger partial charge in [-0.05, 0) is 48.2 Å². The van der Waals surface area contributed by atoms with Gasteiger partial charge in [-0.25, -0.2) is 9.37 Å². The molecule has 3 aromatic rings. The Kier molecular flexibility index (Phi) is 6.07. The summed E-state index contributed by atoms with van der Waals surface area (Å²) in [6.07, 6.45) is 5.35. The van der Waals surface area contributed by atoms with Crippen molar-refractivity contribution in [2.24, 2.45) is 4.99 Å². The fourth-order valence-corrected chi connectivity index (χ4v) is 2.89. The Morgan fingerprint density at radius 3 is 2.73 bits per heavy atom. The summed E-state index contributed by atoms with van der Waals surface area (Å²) in [6, 6.07) is 8.56. The number of aliphatic imine (C=N–C) groups is 1. The molecular formula is C19H21ClFN5. The van der Waals surface area contributed by atoms with E-state index in [1.807, 2.05) is 18.3 Å². The van der Waals surface area contributed by atoms with Crippen molar-refractivity contribution >= 4 is 28.5 Å². The van der Waals surface area contributed by atoms with E-state index in [0.717, 1.165) is 53.9 Å². The molecule has 0 saturated heterocycles. The lowest BCUT2D eigenvalue weighted by atomic mass is 10.1. The van der Waals surface area contributed by atoms with Gasteiger partial charge in [0.1, 0.15) is 11.0 Å². The smallest absolute Gasteiger partial charge is 0.190 e. The molecule has 0 saturated carbocycles. The van der Waals surface area contributed by atoms with Gasteiger partial charge in [0.25, 0.3) is 0 Å². The van der Waals surface area contributed by atoms with Crippen LogP contribution in [0, 0.1) is 5.82 Å². The van der Waals surface area contributed by atoms with Gasteiger partial charge in [0.2, 0.25) is 0 Å². The van der Waals surface area contributed by atoms with Crippen molar-refractivity contribution in [3.05, 3.63) is 64.8 Å². The molecule has 2 heterocycles. The van der Waals surface area contributed by atoms with Gasteiger partial charge < -0.3 is 15.6 Å². The summed E-state index contributed by atoms with van der Waals surface area (Å²) in [5.41, 5.74) is 3.08. The van der Waals surface area contributed by atoms with Crippen molar-refractivity contribution in [1.82, 2.24) is 20.6 Å². The molecule has 1 aromatic carbocycles. The highest BCUT2D eigenvalue weighted by Gasteiger charge is 2.05. The first kappa shape index (κ1) is 18.2. The molecule has 26 heavy (non-hydrogen) atoms. The molecule has 2 aromatic heterocycles. The largest absolute Gasteiger partial charge is 0.361 e. The van der Waals surface area contributed by atoms with Gasteiger partial charge in [-0.3, -0.25) is 4.99 Å². The highest BCUT2D eigenvalue weighted by atomic mass is 35.5. The van der Waals surface area contributed by atoms with Crippen molar-refractivity contribution < 1.29 is 4.39 Å². The summed E-state index contributed by atoms with van der Waals surface area (Å²) in [4.78, 5) is 11.4. The van der Waals surface area contributed by atoms with Gasteiger partial charge >= 0.3 is 0 Å². The molecule has 0 spiro atoms. The predicted octanol–water partition coefficient (Wildman–Crippen LogP) is 3.31. The summed E-state index contributed by atoms with van der Waals surface area (Å²) >= 11 is 5.79. The van der Waals surface area contributed by atoms with Crippen LogP contribution in [0.4, 0.5) is 4.39 Å². The number of halogens is 2. The second-order valence-electron chi connectivity index (χ2n) is 5.92. The molecule has 0 atom stereocenters. The quantitative estimate of drug-likeness (QED) is 0.353. The predicted molar refractivity (Wildman–Crippen MR) is 104 cm³/mol. The molecule has 0 bridgehead atoms. The number of hydrogen-bond acceptors (Lipinski definition) is 2. The van der Waals surface area contributed by atoms with E-state index in [0.29, 0.717) is 5.15 Å². The van der Waals surface area contributed by atoms with Crippen molar-refractivity contribution in [2.75, 3.05) is 20.1 Å². The third-order valence-electron chi connectivity index (χ3n) is 4.13. The Morgan fingerprint density at radius 2 is 2.00 bits per heavy atom. The van der Waals surface area contributed by atoms with Crippen LogP contribution in [0.2, 0.25) is 5.15 Å². The molecule has 3 N–H and O–H groups in total. The number of guanidine groups is 1. The zero-order chi connectivity index (χ0) is 18.4. The van der Waals surface area contributed by atoms with Crippen LogP contribution in [0.15, 0.2) is 47.7 Å². The zero-order valence-electron chi connectivity index (χ0n) is 14.5. The van der Waals surface area contributed by atoms with Crippen LogP contribution < -0.4 is 10.6 Å². The van der Waals surface area contributed by atoms with E-state index in [2.05, 4.69) is 25.6 Å². The van der Waals surface area contributed by atoms with Crippen LogP contribution in [0.3, 0.4) is 0 Å². The Morgan fingerprint density at radius 1 is 1.19 bits per heavy atom. The van der Waals surface area contributed by atoms with Crippen LogP contribution in [-0.4, -0.2) is 36.1 Å². The summed E-state index contributed by atoms with van der Waals surface area (Å²) in [6.45, 7) is 1.47. The Balaban J connectivity index is 1.45. The van der Waals surface area contributed by atoms with E-state index in [-0.39, 0.29) is 5.82 Å². The molecule has 0 aliphatic carbocycles. The molecule has 0 aliphatic rings. The topological polar surface area (TPSA) is 65.1 Å². The molecule has 136 valence electrons. The van der Waals surface area contributed by atoms with Gasteiger partial charge in [0.05, 0.1) is 0 Å². The lowest BCUT2D eigenvalue weighted by molar-refractivity contribution is 0.629. The molecule has 3 rings (SSSR count). The van der Waals surface area contributed by atoms with E-state index < -0.39 is 0 Å². The molecule has 5 nitrogen and oxygen atoms in total. The minimum atomic E-state index is -0.232. The van der Waals surface area contributed by atoms with Gasteiger partial charge in [-0.1, -0.05) is 17.7 Å². The van der Waals surface area contributed by atoms with Crippen LogP contribution in [-0.2, 0) is 12.8 Å². The van der Waals surface area contributed by atoms with Crippen molar-refractivity contribution in [3.8, 4) is 0 Å². The standard InChI is InChI=1S/C19H21ClFN5/c1-22-19(23-8-6-13-2-5-18(20)26-11-13)24-9-7-14-12-25-17-10-15(21)3-4-16(14)17/h2-5,10-12,25H,6-9H2,1H3,(H2,22,23,24). The monoisotopic (exact) mass is 373 g/mol. The summed E-state index contributed by atoms with van der Waals surface area (Å²) in [7, 11) is 1.74. The van der Waals surface area contributed by atoms with Gasteiger partial charge in [-0.15, -0.1) is 0 Å². The van der Waals surface area contributed by atoms with E-state index in [1.54, 1.807) is 19.3 Å². The van der Waals surface area contributed by atoms with E-state index in [1.165, 1.54) is 12.1 Å². The first-order valence-corrected chi connectivity index (χ1v) is 8.84. The number of rotatable bonds is 6. The number of fused-ring (bicyclic) bond motifs is 1. The van der Waals surface area contributed by atoms with Crippen molar-refractivity contribution in [3.63, 3.8) is 0 Å². The molecule has 0 amide bonds. The lowest BCUT2D eigenvalue weighted by Gasteiger charge is -2.11. The highest BCUT2D eigenvalue weighted by Crippen LogP contribution is 2.19. The summed E-state index contributed by atoms with van der Waals surface area (Å²) in [5.74, 6) is 0.516. The van der Waals surface area contributed by atoms with Crippen LogP contribution >= 0.6 is 11.6 Å². The maximum Gasteiger partial charge on any atom is 0.190 e. The zero-order valence-corrected chi connectivity index (χ0v) is 15.3. The third-order valence-corrected chi connectivity index (χ3v) is 4.36. The molecule has 7 heteroatoms. The van der Waals surface area contributed by atoms with Gasteiger partial charge in [0, 0.05) is 43.4 Å². The highest BCUT2D eigenvalue weighted by molar-refractivity contribution is 6.29. The summed E-state index contributed by atoms with van der Waals surface area (Å²) in [5, 5.41) is 8.12. The van der Waals surface area contributed by atoms with Gasteiger partial charge in [0.15, 0.2) is 5.96 Å². The normalized spacial score (nSPS) is 11.7. The molecule has 0 unspecified atom stereocenters. The number of pyridine rings is 1. The number of aromatic nitrogens is 2. The molecule has 0 fully saturated rings. The maximum absolute atomic E-state index is 13.2. The lowest BCUT2D eigenvalue weighted by Crippen LogP contribution is -2.39. The first-order chi connectivity index (χ1) is 12.7. The second-order valence-corrected chi connectivity index (χ2v) is 6.31. The third kappa shape index (κ3) is 4.73. The Labute approximate surface area is 156 Å². The van der Waals surface area contributed by atoms with Crippen molar-refractivity contribution in [2.45, 2.75) is 12.8 Å². The Bertz CT molecular complexity index is 889. The number of aromatic amines is 1. The first-order valence-electron chi connectivity index (χ1n) is 8.46. The number of nitrogens with one attached hydrogen (secondary N) is 3. The SMILES string of the molecule is CN=C(NCCc1ccc(Cl)nc1)NCCc1c[nH]c2cc(F)ccc12. The number of nitrogens with zero attached hydrogens (tertiary/aromatic N) is 2. The average Bonchev–Trinajstić information content (AvgIpc) is 3.04. The van der Waals surface area contributed by atoms with Crippen LogP contribution in [0.5, 0.6) is 0 Å². The second kappa shape index (κ2) is 8.67. The van der Waals surface area contributed by atoms with Crippen LogP contribution in [0.25, 0.3) is 10.9 Å². The molecule has 0 aliphatic heterocycles. The number of hydrogen-bond donors (Lipinski definition) is 3. The minimum Gasteiger partial charge on any atom is -0.361 e. The minimum absolute atomic E-state index is 0.232. The van der Waals surface area contributed by atoms with Crippen LogP contribution in [0.1, 0.15) is 11.1 Å². The number of H-pyrrole nitrogens is 1. The molecular weight excluding hydrogens is 353 g/mol. The van der Waals surface area contributed by atoms with E-state index in [4.69, 9.17) is 11.6 Å². The fraction of sp³-hybridized carbons (Fsp3) is 0.263. The molecule has 0 radical (unpaired) electrons.